The number of nitrogens with one attached hydrogen (secondary N) is 2. The lowest BCUT2D eigenvalue weighted by Crippen LogP contribution is -2.48. The molecule has 17 heavy (non-hydrogen) atoms. The predicted octanol–water partition coefficient (Wildman–Crippen LogP) is -0.0431. The highest BCUT2D eigenvalue weighted by Gasteiger charge is 2.21. The first-order valence-corrected chi connectivity index (χ1v) is 5.75. The Morgan fingerprint density at radius 2 is 1.88 bits per heavy atom. The van der Waals surface area contributed by atoms with Crippen molar-refractivity contribution in [1.29, 1.82) is 0 Å². The van der Waals surface area contributed by atoms with Gasteiger partial charge in [0.1, 0.15) is 18.5 Å². The molecular weight excluding hydrogens is 248 g/mol. The Kier molecular flexibility index (Phi) is 7.29. The molecule has 3 N–H and O–H groups in total. The summed E-state index contributed by atoms with van der Waals surface area (Å²) < 4.78 is 0. The van der Waals surface area contributed by atoms with E-state index in [1.165, 1.54) is 0 Å². The summed E-state index contributed by atoms with van der Waals surface area (Å²) in [5, 5.41) is 13.1. The molecule has 0 spiro atoms. The number of carboxylic acids is 1. The molecule has 0 heterocycles. The third-order valence-electron chi connectivity index (χ3n) is 1.89. The molecule has 2 amide bonds. The van der Waals surface area contributed by atoms with Gasteiger partial charge in [-0.1, -0.05) is 13.8 Å². The fraction of sp³-hybridized carbons (Fsp3) is 0.700. The van der Waals surface area contributed by atoms with Gasteiger partial charge in [0.25, 0.3) is 0 Å². The molecule has 6 nitrogen and oxygen atoms in total. The van der Waals surface area contributed by atoms with E-state index in [2.05, 4.69) is 10.6 Å². The maximum atomic E-state index is 11.6. The van der Waals surface area contributed by atoms with Crippen LogP contribution in [0.25, 0.3) is 0 Å². The van der Waals surface area contributed by atoms with Gasteiger partial charge in [0.2, 0.25) is 11.8 Å². The minimum absolute atomic E-state index is 0.186. The fourth-order valence-corrected chi connectivity index (χ4v) is 1.30. The van der Waals surface area contributed by atoms with Crippen LogP contribution in [0.1, 0.15) is 20.3 Å². The van der Waals surface area contributed by atoms with Crippen LogP contribution < -0.4 is 10.6 Å². The zero-order valence-corrected chi connectivity index (χ0v) is 10.6. The van der Waals surface area contributed by atoms with Crippen molar-refractivity contribution in [2.24, 2.45) is 5.92 Å². The summed E-state index contributed by atoms with van der Waals surface area (Å²) in [6.07, 6.45) is 0.425. The van der Waals surface area contributed by atoms with Crippen molar-refractivity contribution >= 4 is 29.4 Å². The highest BCUT2D eigenvalue weighted by atomic mass is 35.5. The number of aliphatic carboxylic acids is 1. The van der Waals surface area contributed by atoms with Crippen LogP contribution in [-0.4, -0.2) is 41.4 Å². The van der Waals surface area contributed by atoms with E-state index in [1.807, 2.05) is 13.8 Å². The summed E-state index contributed by atoms with van der Waals surface area (Å²) in [6, 6.07) is -0.749. The van der Waals surface area contributed by atoms with Crippen molar-refractivity contribution in [2.75, 3.05) is 12.4 Å². The van der Waals surface area contributed by atoms with E-state index in [0.29, 0.717) is 6.42 Å². The van der Waals surface area contributed by atoms with Gasteiger partial charge in [0, 0.05) is 0 Å². The maximum absolute atomic E-state index is 11.6. The second-order valence-corrected chi connectivity index (χ2v) is 4.26. The molecule has 0 fully saturated rings. The molecule has 0 aromatic carbocycles. The molecule has 0 aromatic rings. The second kappa shape index (κ2) is 7.89. The van der Waals surface area contributed by atoms with Crippen LogP contribution in [0.5, 0.6) is 0 Å². The average Bonchev–Trinajstić information content (AvgIpc) is 2.23. The van der Waals surface area contributed by atoms with Gasteiger partial charge in [0.15, 0.2) is 0 Å². The number of hydrogen-bond acceptors (Lipinski definition) is 3. The lowest BCUT2D eigenvalue weighted by molar-refractivity contribution is -0.138. The molecule has 0 saturated carbocycles. The predicted molar refractivity (Wildman–Crippen MR) is 62.8 cm³/mol. The third-order valence-corrected chi connectivity index (χ3v) is 2.14. The van der Waals surface area contributed by atoms with E-state index in [0.717, 1.165) is 0 Å². The first-order chi connectivity index (χ1) is 7.86. The second-order valence-electron chi connectivity index (χ2n) is 3.99. The molecule has 0 saturated heterocycles. The molecular formula is C10H17ClN2O4. The number of carboxylic acid groups (broad SMARTS) is 1. The highest BCUT2D eigenvalue weighted by molar-refractivity contribution is 6.27. The van der Waals surface area contributed by atoms with Gasteiger partial charge >= 0.3 is 5.97 Å². The Morgan fingerprint density at radius 3 is 2.29 bits per heavy atom. The summed E-state index contributed by atoms with van der Waals surface area (Å²) in [5.74, 6) is -2.15. The molecule has 0 aromatic heterocycles. The molecule has 98 valence electrons. The van der Waals surface area contributed by atoms with Gasteiger partial charge in [-0.3, -0.25) is 14.4 Å². The fourth-order valence-electron chi connectivity index (χ4n) is 1.22. The smallest absolute Gasteiger partial charge is 0.322 e. The minimum atomic E-state index is -1.13. The van der Waals surface area contributed by atoms with E-state index < -0.39 is 30.4 Å². The Balaban J connectivity index is 4.39. The molecule has 0 radical (unpaired) electrons. The van der Waals surface area contributed by atoms with Crippen molar-refractivity contribution in [3.63, 3.8) is 0 Å². The van der Waals surface area contributed by atoms with Gasteiger partial charge in [-0.05, 0) is 12.3 Å². The van der Waals surface area contributed by atoms with Crippen LogP contribution >= 0.6 is 11.6 Å². The molecule has 0 aliphatic heterocycles. The first kappa shape index (κ1) is 15.7. The van der Waals surface area contributed by atoms with Crippen LogP contribution in [0, 0.1) is 5.92 Å². The van der Waals surface area contributed by atoms with E-state index in [1.54, 1.807) is 0 Å². The molecule has 0 bridgehead atoms. The Bertz CT molecular complexity index is 294. The van der Waals surface area contributed by atoms with Crippen molar-refractivity contribution in [3.05, 3.63) is 0 Å². The summed E-state index contributed by atoms with van der Waals surface area (Å²) in [7, 11) is 0. The number of alkyl halides is 1. The standard InChI is InChI=1S/C10H17ClN2O4/c1-6(2)3-7(13-8(14)4-11)10(17)12-5-9(15)16/h6-7H,3-5H2,1-2H3,(H,12,17)(H,13,14)(H,15,16)/t7-/m1/s1. The molecule has 0 aliphatic carbocycles. The van der Waals surface area contributed by atoms with Crippen molar-refractivity contribution in [2.45, 2.75) is 26.3 Å². The SMILES string of the molecule is CC(C)C[C@@H](NC(=O)CCl)C(=O)NCC(=O)O. The van der Waals surface area contributed by atoms with Crippen LogP contribution in [0.3, 0.4) is 0 Å². The summed E-state index contributed by atoms with van der Waals surface area (Å²) in [4.78, 5) is 33.0. The summed E-state index contributed by atoms with van der Waals surface area (Å²) in [6.45, 7) is 3.32. The number of rotatable bonds is 7. The van der Waals surface area contributed by atoms with Crippen LogP contribution in [0.4, 0.5) is 0 Å². The van der Waals surface area contributed by atoms with Crippen molar-refractivity contribution in [3.8, 4) is 0 Å². The molecule has 0 aliphatic rings. The Morgan fingerprint density at radius 1 is 1.29 bits per heavy atom. The lowest BCUT2D eigenvalue weighted by atomic mass is 10.0. The monoisotopic (exact) mass is 264 g/mol. The molecule has 1 atom stereocenters. The highest BCUT2D eigenvalue weighted by Crippen LogP contribution is 2.05. The van der Waals surface area contributed by atoms with Gasteiger partial charge in [-0.15, -0.1) is 11.6 Å². The Hall–Kier alpha value is -1.30. The quantitative estimate of drug-likeness (QED) is 0.562. The molecule has 0 unspecified atom stereocenters. The van der Waals surface area contributed by atoms with Gasteiger partial charge in [-0.25, -0.2) is 0 Å². The summed E-state index contributed by atoms with van der Waals surface area (Å²) in [5.41, 5.74) is 0. The number of amides is 2. The third kappa shape index (κ3) is 7.57. The summed E-state index contributed by atoms with van der Waals surface area (Å²) >= 11 is 5.33. The maximum Gasteiger partial charge on any atom is 0.322 e. The topological polar surface area (TPSA) is 95.5 Å². The molecule has 7 heteroatoms. The zero-order chi connectivity index (χ0) is 13.4. The normalized spacial score (nSPS) is 12.0. The van der Waals surface area contributed by atoms with Crippen LogP contribution in [0.15, 0.2) is 0 Å². The van der Waals surface area contributed by atoms with E-state index in [9.17, 15) is 14.4 Å². The van der Waals surface area contributed by atoms with E-state index in [4.69, 9.17) is 16.7 Å². The lowest BCUT2D eigenvalue weighted by Gasteiger charge is -2.19. The van der Waals surface area contributed by atoms with E-state index in [-0.39, 0.29) is 11.8 Å². The zero-order valence-electron chi connectivity index (χ0n) is 9.83. The van der Waals surface area contributed by atoms with E-state index >= 15 is 0 Å². The van der Waals surface area contributed by atoms with Crippen molar-refractivity contribution < 1.29 is 19.5 Å². The number of hydrogen-bond donors (Lipinski definition) is 3. The number of halogens is 1. The number of carbonyl (C=O) groups excluding carboxylic acids is 2. The van der Waals surface area contributed by atoms with Gasteiger partial charge in [0.05, 0.1) is 0 Å². The number of carbonyl (C=O) groups is 3. The molecule has 0 rings (SSSR count). The Labute approximate surface area is 105 Å². The minimum Gasteiger partial charge on any atom is -0.480 e. The van der Waals surface area contributed by atoms with Gasteiger partial charge in [-0.2, -0.15) is 0 Å². The van der Waals surface area contributed by atoms with Crippen molar-refractivity contribution in [1.82, 2.24) is 10.6 Å². The van der Waals surface area contributed by atoms with Crippen LogP contribution in [-0.2, 0) is 14.4 Å². The van der Waals surface area contributed by atoms with Crippen LogP contribution in [0.2, 0.25) is 0 Å². The average molecular weight is 265 g/mol. The first-order valence-electron chi connectivity index (χ1n) is 5.21. The van der Waals surface area contributed by atoms with Gasteiger partial charge < -0.3 is 15.7 Å². The largest absolute Gasteiger partial charge is 0.480 e.